The number of nitrogens with zero attached hydrogens (tertiary/aromatic N) is 2. The van der Waals surface area contributed by atoms with E-state index >= 15 is 0 Å². The van der Waals surface area contributed by atoms with Gasteiger partial charge in [0, 0.05) is 42.2 Å². The van der Waals surface area contributed by atoms with Gasteiger partial charge in [0.05, 0.1) is 17.3 Å². The van der Waals surface area contributed by atoms with Crippen molar-refractivity contribution >= 4 is 46.6 Å². The third-order valence-electron chi connectivity index (χ3n) is 5.44. The Labute approximate surface area is 193 Å². The van der Waals surface area contributed by atoms with Crippen molar-refractivity contribution in [1.82, 2.24) is 15.5 Å². The Morgan fingerprint density at radius 3 is 2.62 bits per heavy atom. The topological polar surface area (TPSA) is 73.8 Å². The molecule has 1 amide bonds. The van der Waals surface area contributed by atoms with E-state index in [1.54, 1.807) is 0 Å². The number of halogens is 1. The van der Waals surface area contributed by atoms with Crippen molar-refractivity contribution in [2.45, 2.75) is 50.0 Å². The molecular weight excluding hydrogens is 499 g/mol. The molecule has 1 saturated heterocycles. The molecule has 2 atom stereocenters. The van der Waals surface area contributed by atoms with E-state index in [1.807, 2.05) is 42.2 Å². The second-order valence-corrected chi connectivity index (χ2v) is 9.09. The third-order valence-corrected chi connectivity index (χ3v) is 6.79. The molecule has 3 rings (SSSR count). The summed E-state index contributed by atoms with van der Waals surface area (Å²) in [6, 6.07) is 9.73. The highest BCUT2D eigenvalue weighted by molar-refractivity contribution is 14.0. The highest BCUT2D eigenvalue weighted by atomic mass is 127. The first-order chi connectivity index (χ1) is 13.7. The molecule has 29 heavy (non-hydrogen) atoms. The van der Waals surface area contributed by atoms with Crippen LogP contribution in [0, 0.1) is 5.92 Å². The zero-order valence-electron chi connectivity index (χ0n) is 17.1. The van der Waals surface area contributed by atoms with Crippen LogP contribution in [0.2, 0.25) is 0 Å². The maximum absolute atomic E-state index is 12.6. The number of likely N-dealkylation sites (tertiary alicyclic amines) is 1. The van der Waals surface area contributed by atoms with Gasteiger partial charge in [0.15, 0.2) is 5.96 Å². The molecule has 1 heterocycles. The van der Waals surface area contributed by atoms with Crippen LogP contribution < -0.4 is 10.6 Å². The summed E-state index contributed by atoms with van der Waals surface area (Å²) in [5, 5.41) is 6.71. The van der Waals surface area contributed by atoms with Gasteiger partial charge in [0.25, 0.3) is 0 Å². The molecule has 1 saturated carbocycles. The van der Waals surface area contributed by atoms with E-state index in [9.17, 15) is 9.00 Å². The molecule has 2 aliphatic rings. The number of hydrogen-bond donors (Lipinski definition) is 2. The second-order valence-electron chi connectivity index (χ2n) is 7.52. The summed E-state index contributed by atoms with van der Waals surface area (Å²) in [5.74, 6) is 1.82. The van der Waals surface area contributed by atoms with Gasteiger partial charge in [0.2, 0.25) is 5.91 Å². The summed E-state index contributed by atoms with van der Waals surface area (Å²) in [7, 11) is -1.04. The lowest BCUT2D eigenvalue weighted by molar-refractivity contribution is -0.134. The van der Waals surface area contributed by atoms with Crippen molar-refractivity contribution in [3.63, 3.8) is 0 Å². The molecule has 0 spiro atoms. The van der Waals surface area contributed by atoms with Crippen LogP contribution >= 0.6 is 24.0 Å². The highest BCUT2D eigenvalue weighted by Gasteiger charge is 2.32. The molecular formula is C21H33IN4O2S. The lowest BCUT2D eigenvalue weighted by Crippen LogP contribution is -2.45. The minimum absolute atomic E-state index is 0. The Morgan fingerprint density at radius 2 is 1.93 bits per heavy atom. The van der Waals surface area contributed by atoms with Crippen LogP contribution in [0.25, 0.3) is 0 Å². The molecule has 0 aromatic heterocycles. The van der Waals surface area contributed by atoms with Crippen molar-refractivity contribution in [3.8, 4) is 0 Å². The Morgan fingerprint density at radius 1 is 1.21 bits per heavy atom. The molecule has 0 bridgehead atoms. The Kier molecular flexibility index (Phi) is 10.4. The summed E-state index contributed by atoms with van der Waals surface area (Å²) in [5.41, 5.74) is 0. The summed E-state index contributed by atoms with van der Waals surface area (Å²) in [4.78, 5) is 20.0. The zero-order chi connectivity index (χ0) is 19.8. The molecule has 2 unspecified atom stereocenters. The fourth-order valence-corrected chi connectivity index (χ4v) is 4.91. The van der Waals surface area contributed by atoms with Gasteiger partial charge in [-0.15, -0.1) is 24.0 Å². The maximum Gasteiger partial charge on any atom is 0.225 e. The van der Waals surface area contributed by atoms with Gasteiger partial charge >= 0.3 is 0 Å². The van der Waals surface area contributed by atoms with Gasteiger partial charge in [-0.25, -0.2) is 0 Å². The van der Waals surface area contributed by atoms with E-state index in [1.165, 1.54) is 12.8 Å². The molecule has 8 heteroatoms. The van der Waals surface area contributed by atoms with E-state index in [0.29, 0.717) is 18.2 Å². The normalized spacial score (nSPS) is 20.9. The summed E-state index contributed by atoms with van der Waals surface area (Å²) >= 11 is 0. The number of benzene rings is 1. The van der Waals surface area contributed by atoms with Gasteiger partial charge in [-0.05, 0) is 38.3 Å². The Balaban J connectivity index is 0.00000300. The van der Waals surface area contributed by atoms with E-state index in [0.717, 1.165) is 49.8 Å². The first-order valence-electron chi connectivity index (χ1n) is 10.4. The molecule has 162 valence electrons. The van der Waals surface area contributed by atoms with Gasteiger partial charge in [-0.1, -0.05) is 31.0 Å². The maximum atomic E-state index is 12.6. The molecule has 1 aromatic carbocycles. The van der Waals surface area contributed by atoms with Gasteiger partial charge < -0.3 is 15.5 Å². The lowest BCUT2D eigenvalue weighted by Gasteiger charge is -2.21. The van der Waals surface area contributed by atoms with Crippen LogP contribution in [0.15, 0.2) is 40.2 Å². The summed E-state index contributed by atoms with van der Waals surface area (Å²) < 4.78 is 12.3. The molecule has 1 aromatic rings. The number of rotatable bonds is 7. The third kappa shape index (κ3) is 7.24. The van der Waals surface area contributed by atoms with Crippen LogP contribution in [0.3, 0.4) is 0 Å². The SMILES string of the molecule is CCNC(=NCCS(=O)c1ccccc1)NC1CCN(C(=O)C2CCCC2)C1.I. The monoisotopic (exact) mass is 532 g/mol. The van der Waals surface area contributed by atoms with E-state index in [2.05, 4.69) is 15.6 Å². The number of carbonyl (C=O) groups excluding carboxylic acids is 1. The second kappa shape index (κ2) is 12.5. The van der Waals surface area contributed by atoms with Gasteiger partial charge in [-0.2, -0.15) is 0 Å². The average Bonchev–Trinajstić information content (AvgIpc) is 3.40. The fraction of sp³-hybridized carbons (Fsp3) is 0.619. The van der Waals surface area contributed by atoms with Crippen molar-refractivity contribution in [2.75, 3.05) is 31.9 Å². The van der Waals surface area contributed by atoms with E-state index in [4.69, 9.17) is 0 Å². The van der Waals surface area contributed by atoms with Crippen molar-refractivity contribution in [3.05, 3.63) is 30.3 Å². The minimum atomic E-state index is -1.04. The summed E-state index contributed by atoms with van der Waals surface area (Å²) in [6.07, 6.45) is 5.42. The van der Waals surface area contributed by atoms with Crippen LogP contribution in [0.5, 0.6) is 0 Å². The Hall–Kier alpha value is -1.16. The molecule has 6 nitrogen and oxygen atoms in total. The largest absolute Gasteiger partial charge is 0.357 e. The van der Waals surface area contributed by atoms with E-state index in [-0.39, 0.29) is 35.9 Å². The zero-order valence-corrected chi connectivity index (χ0v) is 20.3. The van der Waals surface area contributed by atoms with Crippen LogP contribution in [-0.2, 0) is 15.6 Å². The van der Waals surface area contributed by atoms with E-state index < -0.39 is 10.8 Å². The average molecular weight is 532 g/mol. The number of guanidine groups is 1. The number of amides is 1. The van der Waals surface area contributed by atoms with Crippen molar-refractivity contribution in [1.29, 1.82) is 0 Å². The number of aliphatic imine (C=N–C) groups is 1. The summed E-state index contributed by atoms with van der Waals surface area (Å²) in [6.45, 7) is 4.86. The van der Waals surface area contributed by atoms with Crippen LogP contribution in [0.4, 0.5) is 0 Å². The van der Waals surface area contributed by atoms with Crippen LogP contribution in [0.1, 0.15) is 39.0 Å². The minimum Gasteiger partial charge on any atom is -0.357 e. The highest BCUT2D eigenvalue weighted by Crippen LogP contribution is 2.27. The smallest absolute Gasteiger partial charge is 0.225 e. The fourth-order valence-electron chi connectivity index (χ4n) is 3.95. The van der Waals surface area contributed by atoms with Crippen molar-refractivity contribution in [2.24, 2.45) is 10.9 Å². The lowest BCUT2D eigenvalue weighted by atomic mass is 10.1. The predicted molar refractivity (Wildman–Crippen MR) is 129 cm³/mol. The first-order valence-corrected chi connectivity index (χ1v) is 11.8. The number of hydrogen-bond acceptors (Lipinski definition) is 3. The van der Waals surface area contributed by atoms with Gasteiger partial charge in [0.1, 0.15) is 0 Å². The molecule has 1 aliphatic heterocycles. The molecule has 0 radical (unpaired) electrons. The Bertz CT molecular complexity index is 695. The number of nitrogens with one attached hydrogen (secondary N) is 2. The van der Waals surface area contributed by atoms with Crippen LogP contribution in [-0.4, -0.2) is 58.9 Å². The first kappa shape index (κ1) is 24.1. The molecule has 2 N–H and O–H groups in total. The number of carbonyl (C=O) groups is 1. The quantitative estimate of drug-likeness (QED) is 0.322. The molecule has 2 fully saturated rings. The predicted octanol–water partition coefficient (Wildman–Crippen LogP) is 2.76. The van der Waals surface area contributed by atoms with Gasteiger partial charge in [-0.3, -0.25) is 14.0 Å². The van der Waals surface area contributed by atoms with Crippen molar-refractivity contribution < 1.29 is 9.00 Å². The molecule has 1 aliphatic carbocycles. The standard InChI is InChI=1S/C21H32N4O2S.HI/c1-2-22-21(23-13-15-28(27)19-10-4-3-5-11-19)24-18-12-14-25(16-18)20(26)17-8-6-7-9-17;/h3-5,10-11,17-18H,2,6-9,12-16H2,1H3,(H2,22,23,24);1H.